The van der Waals surface area contributed by atoms with Gasteiger partial charge in [0, 0.05) is 17.8 Å². The molecule has 1 atom stereocenters. The van der Waals surface area contributed by atoms with E-state index in [1.807, 2.05) is 18.4 Å². The molecule has 0 fully saturated rings. The van der Waals surface area contributed by atoms with Gasteiger partial charge in [0.25, 0.3) is 0 Å². The zero-order chi connectivity index (χ0) is 12.1. The Balaban J connectivity index is 2.57. The van der Waals surface area contributed by atoms with Crippen LogP contribution < -0.4 is 5.73 Å². The monoisotopic (exact) mass is 242 g/mol. The Morgan fingerprint density at radius 1 is 1.69 bits per heavy atom. The number of hydrogen-bond donors (Lipinski definition) is 2. The van der Waals surface area contributed by atoms with Gasteiger partial charge in [-0.1, -0.05) is 11.6 Å². The lowest BCUT2D eigenvalue weighted by atomic mass is 9.95. The summed E-state index contributed by atoms with van der Waals surface area (Å²) in [5, 5.41) is 9.80. The molecule has 1 aromatic heterocycles. The number of fused-ring (bicyclic) bond motifs is 1. The molecule has 4 nitrogen and oxygen atoms in total. The normalized spacial score (nSPS) is 23.8. The third-order valence-corrected chi connectivity index (χ3v) is 3.68. The molecule has 1 aliphatic carbocycles. The summed E-state index contributed by atoms with van der Waals surface area (Å²) in [5.74, 6) is -0.983. The predicted octanol–water partition coefficient (Wildman–Crippen LogP) is 1.91. The molecule has 1 aromatic rings. The summed E-state index contributed by atoms with van der Waals surface area (Å²) in [6.07, 6.45) is 2.84. The molecule has 0 amide bonds. The Bertz CT molecular complexity index is 453. The van der Waals surface area contributed by atoms with Crippen molar-refractivity contribution in [2.75, 3.05) is 0 Å². The number of aromatic nitrogens is 1. The smallest absolute Gasteiger partial charge is 0.328 e. The third-order valence-electron chi connectivity index (χ3n) is 3.26. The average Bonchev–Trinajstić information content (AvgIpc) is 2.68. The topological polar surface area (TPSA) is 68.2 Å². The molecule has 1 heterocycles. The van der Waals surface area contributed by atoms with E-state index in [0.717, 1.165) is 5.56 Å². The first kappa shape index (κ1) is 11.5. The molecule has 0 saturated carbocycles. The van der Waals surface area contributed by atoms with Gasteiger partial charge in [-0.15, -0.1) is 0 Å². The summed E-state index contributed by atoms with van der Waals surface area (Å²) < 4.78 is 1.87. The van der Waals surface area contributed by atoms with E-state index in [4.69, 9.17) is 17.3 Å². The maximum Gasteiger partial charge on any atom is 0.328 e. The van der Waals surface area contributed by atoms with Crippen molar-refractivity contribution >= 4 is 17.6 Å². The van der Waals surface area contributed by atoms with Crippen LogP contribution in [-0.4, -0.2) is 15.6 Å². The number of halogens is 1. The summed E-state index contributed by atoms with van der Waals surface area (Å²) >= 11 is 6.21. The lowest BCUT2D eigenvalue weighted by Gasteiger charge is -2.18. The maximum atomic E-state index is 11.2. The molecule has 88 valence electrons. The van der Waals surface area contributed by atoms with Gasteiger partial charge in [-0.2, -0.15) is 0 Å². The maximum absolute atomic E-state index is 11.2. The SMILES string of the molecule is CC(C)n1cc2c(c1Cl)CCC2(N)C(=O)O. The highest BCUT2D eigenvalue weighted by Crippen LogP contribution is 2.41. The zero-order valence-corrected chi connectivity index (χ0v) is 10.1. The summed E-state index contributed by atoms with van der Waals surface area (Å²) in [7, 11) is 0. The minimum absolute atomic E-state index is 0.205. The molecule has 1 aliphatic rings. The van der Waals surface area contributed by atoms with Crippen LogP contribution in [0, 0.1) is 0 Å². The van der Waals surface area contributed by atoms with Crippen molar-refractivity contribution < 1.29 is 9.90 Å². The first-order chi connectivity index (χ1) is 7.38. The minimum atomic E-state index is -1.26. The van der Waals surface area contributed by atoms with Crippen molar-refractivity contribution in [2.45, 2.75) is 38.3 Å². The van der Waals surface area contributed by atoms with Crippen LogP contribution in [0.1, 0.15) is 37.4 Å². The Morgan fingerprint density at radius 2 is 2.31 bits per heavy atom. The summed E-state index contributed by atoms with van der Waals surface area (Å²) in [4.78, 5) is 11.2. The highest BCUT2D eigenvalue weighted by atomic mass is 35.5. The van der Waals surface area contributed by atoms with Crippen molar-refractivity contribution in [3.63, 3.8) is 0 Å². The van der Waals surface area contributed by atoms with Gasteiger partial charge in [0.1, 0.15) is 10.7 Å². The molecule has 0 spiro atoms. The lowest BCUT2D eigenvalue weighted by Crippen LogP contribution is -2.42. The second-order valence-electron chi connectivity index (χ2n) is 4.59. The Labute approximate surface area is 99.0 Å². The van der Waals surface area contributed by atoms with Gasteiger partial charge in [0.2, 0.25) is 0 Å². The van der Waals surface area contributed by atoms with Crippen LogP contribution in [0.25, 0.3) is 0 Å². The van der Waals surface area contributed by atoms with E-state index in [-0.39, 0.29) is 6.04 Å². The molecule has 3 N–H and O–H groups in total. The quantitative estimate of drug-likeness (QED) is 0.833. The Hall–Kier alpha value is -1.00. The van der Waals surface area contributed by atoms with Crippen molar-refractivity contribution in [1.29, 1.82) is 0 Å². The molecule has 16 heavy (non-hydrogen) atoms. The Morgan fingerprint density at radius 3 is 2.81 bits per heavy atom. The van der Waals surface area contributed by atoms with Crippen LogP contribution in [0.15, 0.2) is 6.20 Å². The van der Waals surface area contributed by atoms with E-state index in [9.17, 15) is 9.90 Å². The van der Waals surface area contributed by atoms with Gasteiger partial charge in [0.15, 0.2) is 0 Å². The predicted molar refractivity (Wildman–Crippen MR) is 61.6 cm³/mol. The van der Waals surface area contributed by atoms with Crippen LogP contribution in [0.4, 0.5) is 0 Å². The minimum Gasteiger partial charge on any atom is -0.480 e. The van der Waals surface area contributed by atoms with Gasteiger partial charge in [-0.05, 0) is 32.3 Å². The largest absolute Gasteiger partial charge is 0.480 e. The summed E-state index contributed by atoms with van der Waals surface area (Å²) in [6, 6.07) is 0.205. The van der Waals surface area contributed by atoms with Gasteiger partial charge in [-0.25, -0.2) is 4.79 Å². The van der Waals surface area contributed by atoms with Crippen molar-refractivity contribution in [3.05, 3.63) is 22.5 Å². The number of carboxylic acid groups (broad SMARTS) is 1. The molecule has 5 heteroatoms. The lowest BCUT2D eigenvalue weighted by molar-refractivity contribution is -0.143. The second kappa shape index (κ2) is 3.50. The van der Waals surface area contributed by atoms with Crippen LogP contribution in [0.3, 0.4) is 0 Å². The van der Waals surface area contributed by atoms with E-state index in [2.05, 4.69) is 0 Å². The molecule has 0 aliphatic heterocycles. The van der Waals surface area contributed by atoms with Gasteiger partial charge < -0.3 is 15.4 Å². The van der Waals surface area contributed by atoms with E-state index in [1.165, 1.54) is 0 Å². The Kier molecular flexibility index (Phi) is 2.51. The van der Waals surface area contributed by atoms with E-state index >= 15 is 0 Å². The van der Waals surface area contributed by atoms with Crippen molar-refractivity contribution in [1.82, 2.24) is 4.57 Å². The molecule has 0 aromatic carbocycles. The first-order valence-electron chi connectivity index (χ1n) is 5.30. The van der Waals surface area contributed by atoms with E-state index < -0.39 is 11.5 Å². The molecule has 0 bridgehead atoms. The number of rotatable bonds is 2. The van der Waals surface area contributed by atoms with Crippen LogP contribution in [-0.2, 0) is 16.8 Å². The fourth-order valence-corrected chi connectivity index (χ4v) is 2.66. The van der Waals surface area contributed by atoms with Crippen LogP contribution in [0.5, 0.6) is 0 Å². The van der Waals surface area contributed by atoms with Gasteiger partial charge in [-0.3, -0.25) is 0 Å². The number of carbonyl (C=O) groups is 1. The molecular weight excluding hydrogens is 228 g/mol. The fourth-order valence-electron chi connectivity index (χ4n) is 2.22. The zero-order valence-electron chi connectivity index (χ0n) is 9.33. The molecule has 0 saturated heterocycles. The average molecular weight is 243 g/mol. The first-order valence-corrected chi connectivity index (χ1v) is 5.67. The number of nitrogens with two attached hydrogens (primary N) is 1. The highest BCUT2D eigenvalue weighted by molar-refractivity contribution is 6.30. The molecule has 1 unspecified atom stereocenters. The third kappa shape index (κ3) is 1.37. The fraction of sp³-hybridized carbons (Fsp3) is 0.545. The van der Waals surface area contributed by atoms with E-state index in [0.29, 0.717) is 23.6 Å². The van der Waals surface area contributed by atoms with Crippen molar-refractivity contribution in [2.24, 2.45) is 5.73 Å². The molecule has 2 rings (SSSR count). The number of nitrogens with zero attached hydrogens (tertiary/aromatic N) is 1. The summed E-state index contributed by atoms with van der Waals surface area (Å²) in [5.41, 5.74) is 6.21. The van der Waals surface area contributed by atoms with E-state index in [1.54, 1.807) is 6.20 Å². The second-order valence-corrected chi connectivity index (χ2v) is 4.95. The molecular formula is C11H15ClN2O2. The highest BCUT2D eigenvalue weighted by Gasteiger charge is 2.44. The van der Waals surface area contributed by atoms with Crippen LogP contribution >= 0.6 is 11.6 Å². The summed E-state index contributed by atoms with van der Waals surface area (Å²) in [6.45, 7) is 4.00. The van der Waals surface area contributed by atoms with Crippen molar-refractivity contribution in [3.8, 4) is 0 Å². The van der Waals surface area contributed by atoms with Gasteiger partial charge >= 0.3 is 5.97 Å². The van der Waals surface area contributed by atoms with Gasteiger partial charge in [0.05, 0.1) is 0 Å². The van der Waals surface area contributed by atoms with Crippen LogP contribution in [0.2, 0.25) is 5.15 Å². The number of carboxylic acids is 1. The number of aliphatic carboxylic acids is 1. The number of hydrogen-bond acceptors (Lipinski definition) is 2. The molecule has 0 radical (unpaired) electrons. The standard InChI is InChI=1S/C11H15ClN2O2/c1-6(2)14-5-8-7(9(14)12)3-4-11(8,13)10(15)16/h5-6H,3-4,13H2,1-2H3,(H,15,16).